The van der Waals surface area contributed by atoms with Crippen LogP contribution in [0.1, 0.15) is 44.4 Å². The summed E-state index contributed by atoms with van der Waals surface area (Å²) in [5, 5.41) is 0. The minimum Gasteiger partial charge on any atom is -0.379 e. The highest BCUT2D eigenvalue weighted by Crippen LogP contribution is 2.24. The molecule has 0 aromatic heterocycles. The molecule has 0 aliphatic heterocycles. The second-order valence-corrected chi connectivity index (χ2v) is 4.87. The van der Waals surface area contributed by atoms with Crippen LogP contribution in [0.3, 0.4) is 0 Å². The van der Waals surface area contributed by atoms with Crippen LogP contribution in [0.5, 0.6) is 0 Å². The molecule has 0 radical (unpaired) electrons. The summed E-state index contributed by atoms with van der Waals surface area (Å²) in [6.45, 7) is 6.29. The summed E-state index contributed by atoms with van der Waals surface area (Å²) in [6, 6.07) is 8.54. The van der Waals surface area contributed by atoms with Crippen LogP contribution in [-0.2, 0) is 11.2 Å². The van der Waals surface area contributed by atoms with Gasteiger partial charge >= 0.3 is 0 Å². The number of methoxy groups -OCH3 is 1. The molecule has 1 aromatic rings. The highest BCUT2D eigenvalue weighted by molar-refractivity contribution is 5.26. The lowest BCUT2D eigenvalue weighted by Crippen LogP contribution is -2.28. The molecule has 1 unspecified atom stereocenters. The van der Waals surface area contributed by atoms with E-state index in [0.717, 1.165) is 12.8 Å². The van der Waals surface area contributed by atoms with Crippen LogP contribution in [0.25, 0.3) is 0 Å². The van der Waals surface area contributed by atoms with E-state index in [0.29, 0.717) is 0 Å². The van der Waals surface area contributed by atoms with Gasteiger partial charge in [-0.3, -0.25) is 0 Å². The maximum absolute atomic E-state index is 6.20. The van der Waals surface area contributed by atoms with Crippen molar-refractivity contribution in [2.45, 2.75) is 45.3 Å². The molecule has 0 bridgehead atoms. The van der Waals surface area contributed by atoms with Crippen molar-refractivity contribution in [3.8, 4) is 0 Å². The van der Waals surface area contributed by atoms with E-state index in [2.05, 4.69) is 45.0 Å². The van der Waals surface area contributed by atoms with Crippen molar-refractivity contribution in [1.29, 1.82) is 0 Å². The molecule has 0 heterocycles. The molecule has 0 saturated carbocycles. The van der Waals surface area contributed by atoms with Crippen molar-refractivity contribution >= 4 is 0 Å². The largest absolute Gasteiger partial charge is 0.379 e. The monoisotopic (exact) mass is 221 g/mol. The van der Waals surface area contributed by atoms with Crippen molar-refractivity contribution in [3.63, 3.8) is 0 Å². The molecule has 0 spiro atoms. The highest BCUT2D eigenvalue weighted by atomic mass is 16.5. The summed E-state index contributed by atoms with van der Waals surface area (Å²) >= 11 is 0. The molecular weight excluding hydrogens is 198 g/mol. The van der Waals surface area contributed by atoms with Crippen molar-refractivity contribution in [3.05, 3.63) is 35.4 Å². The summed E-state index contributed by atoms with van der Waals surface area (Å²) in [6.07, 6.45) is 1.88. The molecule has 0 fully saturated rings. The van der Waals surface area contributed by atoms with Gasteiger partial charge in [0.05, 0.1) is 5.60 Å². The number of aryl methyl sites for hydroxylation is 1. The summed E-state index contributed by atoms with van der Waals surface area (Å²) in [4.78, 5) is 0. The maximum atomic E-state index is 6.20. The topological polar surface area (TPSA) is 35.2 Å². The molecule has 2 N–H and O–H groups in total. The van der Waals surface area contributed by atoms with Crippen molar-refractivity contribution < 1.29 is 4.74 Å². The van der Waals surface area contributed by atoms with Gasteiger partial charge in [0.2, 0.25) is 0 Å². The van der Waals surface area contributed by atoms with Crippen LogP contribution in [0.15, 0.2) is 24.3 Å². The Morgan fingerprint density at radius 1 is 1.38 bits per heavy atom. The highest BCUT2D eigenvalue weighted by Gasteiger charge is 2.21. The third-order valence-corrected chi connectivity index (χ3v) is 3.05. The van der Waals surface area contributed by atoms with E-state index in [1.165, 1.54) is 11.1 Å². The van der Waals surface area contributed by atoms with Gasteiger partial charge in [0.25, 0.3) is 0 Å². The lowest BCUT2D eigenvalue weighted by atomic mass is 9.93. The summed E-state index contributed by atoms with van der Waals surface area (Å²) in [5.41, 5.74) is 8.57. The molecule has 1 rings (SSSR count). The molecule has 1 atom stereocenters. The van der Waals surface area contributed by atoms with Crippen LogP contribution >= 0.6 is 0 Å². The number of hydrogen-bond donors (Lipinski definition) is 1. The van der Waals surface area contributed by atoms with Crippen LogP contribution in [0.4, 0.5) is 0 Å². The van der Waals surface area contributed by atoms with E-state index in [-0.39, 0.29) is 11.6 Å². The zero-order valence-corrected chi connectivity index (χ0v) is 10.8. The first kappa shape index (κ1) is 13.2. The lowest BCUT2D eigenvalue weighted by molar-refractivity contribution is 0.00995. The number of ether oxygens (including phenoxy) is 1. The standard InChI is InChI=1S/C14H23NO/c1-5-11-7-6-8-12(9-11)13(15)10-14(2,3)16-4/h6-9,13H,5,10,15H2,1-4H3. The van der Waals surface area contributed by atoms with E-state index >= 15 is 0 Å². The maximum Gasteiger partial charge on any atom is 0.0640 e. The van der Waals surface area contributed by atoms with Gasteiger partial charge < -0.3 is 10.5 Å². The molecule has 16 heavy (non-hydrogen) atoms. The fraction of sp³-hybridized carbons (Fsp3) is 0.571. The predicted molar refractivity (Wildman–Crippen MR) is 68.5 cm³/mol. The smallest absolute Gasteiger partial charge is 0.0640 e. The van der Waals surface area contributed by atoms with Crippen LogP contribution in [-0.4, -0.2) is 12.7 Å². The zero-order valence-electron chi connectivity index (χ0n) is 10.8. The first-order chi connectivity index (χ1) is 7.48. The Kier molecular flexibility index (Phi) is 4.51. The first-order valence-electron chi connectivity index (χ1n) is 5.88. The third kappa shape index (κ3) is 3.62. The molecule has 0 aliphatic carbocycles. The zero-order chi connectivity index (χ0) is 12.2. The summed E-state index contributed by atoms with van der Waals surface area (Å²) in [7, 11) is 1.73. The number of benzene rings is 1. The Morgan fingerprint density at radius 2 is 2.06 bits per heavy atom. The van der Waals surface area contributed by atoms with E-state index in [1.54, 1.807) is 7.11 Å². The minimum absolute atomic E-state index is 0.0430. The fourth-order valence-electron chi connectivity index (χ4n) is 1.77. The van der Waals surface area contributed by atoms with Gasteiger partial charge in [0.1, 0.15) is 0 Å². The van der Waals surface area contributed by atoms with Crippen LogP contribution < -0.4 is 5.73 Å². The van der Waals surface area contributed by atoms with Gasteiger partial charge in [0.15, 0.2) is 0 Å². The van der Waals surface area contributed by atoms with Gasteiger partial charge in [-0.2, -0.15) is 0 Å². The Hall–Kier alpha value is -0.860. The van der Waals surface area contributed by atoms with E-state index in [9.17, 15) is 0 Å². The van der Waals surface area contributed by atoms with Crippen LogP contribution in [0, 0.1) is 0 Å². The van der Waals surface area contributed by atoms with Gasteiger partial charge in [-0.1, -0.05) is 31.2 Å². The molecule has 90 valence electrons. The molecule has 2 heteroatoms. The average Bonchev–Trinajstić information content (AvgIpc) is 2.28. The van der Waals surface area contributed by atoms with E-state index in [1.807, 2.05) is 0 Å². The van der Waals surface area contributed by atoms with Crippen molar-refractivity contribution in [2.24, 2.45) is 5.73 Å². The number of hydrogen-bond acceptors (Lipinski definition) is 2. The second-order valence-electron chi connectivity index (χ2n) is 4.87. The first-order valence-corrected chi connectivity index (χ1v) is 5.88. The van der Waals surface area contributed by atoms with Crippen molar-refractivity contribution in [2.75, 3.05) is 7.11 Å². The normalized spacial score (nSPS) is 13.8. The molecule has 0 aliphatic rings. The summed E-state index contributed by atoms with van der Waals surface area (Å²) in [5.74, 6) is 0. The Bertz CT molecular complexity index is 333. The van der Waals surface area contributed by atoms with Crippen LogP contribution in [0.2, 0.25) is 0 Å². The van der Waals surface area contributed by atoms with Gasteiger partial charge in [-0.05, 0) is 37.8 Å². The van der Waals surface area contributed by atoms with Crippen molar-refractivity contribution in [1.82, 2.24) is 0 Å². The second kappa shape index (κ2) is 5.46. The van der Waals surface area contributed by atoms with E-state index < -0.39 is 0 Å². The van der Waals surface area contributed by atoms with Gasteiger partial charge in [-0.25, -0.2) is 0 Å². The van der Waals surface area contributed by atoms with Gasteiger partial charge in [0, 0.05) is 13.2 Å². The van der Waals surface area contributed by atoms with Gasteiger partial charge in [-0.15, -0.1) is 0 Å². The summed E-state index contributed by atoms with van der Waals surface area (Å²) < 4.78 is 5.41. The third-order valence-electron chi connectivity index (χ3n) is 3.05. The Balaban J connectivity index is 2.76. The molecule has 0 amide bonds. The predicted octanol–water partition coefficient (Wildman–Crippen LogP) is 3.06. The molecule has 2 nitrogen and oxygen atoms in total. The Labute approximate surface area is 98.8 Å². The SMILES string of the molecule is CCc1cccc(C(N)CC(C)(C)OC)c1. The quantitative estimate of drug-likeness (QED) is 0.829. The lowest BCUT2D eigenvalue weighted by Gasteiger charge is -2.26. The molecular formula is C14H23NO. The molecule has 0 saturated heterocycles. The van der Waals surface area contributed by atoms with E-state index in [4.69, 9.17) is 10.5 Å². The Morgan fingerprint density at radius 3 is 2.62 bits per heavy atom. The average molecular weight is 221 g/mol. The number of nitrogens with two attached hydrogens (primary N) is 1. The number of rotatable bonds is 5. The minimum atomic E-state index is -0.165. The fourth-order valence-corrected chi connectivity index (χ4v) is 1.77. The molecule has 1 aromatic carbocycles.